The van der Waals surface area contributed by atoms with Gasteiger partial charge in [-0.25, -0.2) is 8.78 Å². The van der Waals surface area contributed by atoms with Gasteiger partial charge < -0.3 is 10.3 Å². The standard InChI is InChI=1S/C24H26F2N2O/c1-4-5-6-21-23(18-10-7-15(2)8-11-18)22(24(27)29)16(3)28(21)14-17-9-12-19(25)20(26)13-17/h7-13H,4-6,14H2,1-3H3,(H2,27,29). The summed E-state index contributed by atoms with van der Waals surface area (Å²) in [5, 5.41) is 0. The maximum atomic E-state index is 13.7. The highest BCUT2D eigenvalue weighted by atomic mass is 19.2. The molecule has 3 nitrogen and oxygen atoms in total. The molecule has 3 aromatic rings. The number of halogens is 2. The first-order valence-electron chi connectivity index (χ1n) is 9.86. The second kappa shape index (κ2) is 8.60. The lowest BCUT2D eigenvalue weighted by molar-refractivity contribution is 0.1000. The predicted octanol–water partition coefficient (Wildman–Crippen LogP) is 5.54. The number of benzene rings is 2. The minimum atomic E-state index is -0.878. The molecule has 3 rings (SSSR count). The molecule has 0 aliphatic carbocycles. The van der Waals surface area contributed by atoms with Crippen LogP contribution in [-0.4, -0.2) is 10.5 Å². The van der Waals surface area contributed by atoms with Crippen molar-refractivity contribution in [2.24, 2.45) is 5.73 Å². The number of rotatable bonds is 7. The molecule has 0 bridgehead atoms. The topological polar surface area (TPSA) is 48.0 Å². The number of primary amides is 1. The number of amides is 1. The lowest BCUT2D eigenvalue weighted by Gasteiger charge is -2.14. The Morgan fingerprint density at radius 3 is 2.31 bits per heavy atom. The van der Waals surface area contributed by atoms with Crippen LogP contribution < -0.4 is 5.73 Å². The summed E-state index contributed by atoms with van der Waals surface area (Å²) in [5.74, 6) is -2.24. The average molecular weight is 396 g/mol. The van der Waals surface area contributed by atoms with Gasteiger partial charge >= 0.3 is 0 Å². The summed E-state index contributed by atoms with van der Waals surface area (Å²) in [5.41, 5.74) is 11.5. The van der Waals surface area contributed by atoms with Crippen LogP contribution in [-0.2, 0) is 13.0 Å². The average Bonchev–Trinajstić information content (AvgIpc) is 2.95. The molecule has 0 aliphatic rings. The fourth-order valence-electron chi connectivity index (χ4n) is 3.77. The van der Waals surface area contributed by atoms with Crippen molar-refractivity contribution in [3.05, 3.63) is 82.2 Å². The normalized spacial score (nSPS) is 11.1. The van der Waals surface area contributed by atoms with Crippen LogP contribution in [0.2, 0.25) is 0 Å². The quantitative estimate of drug-likeness (QED) is 0.560. The maximum Gasteiger partial charge on any atom is 0.251 e. The molecule has 0 spiro atoms. The number of nitrogens with two attached hydrogens (primary N) is 1. The number of carbonyl (C=O) groups is 1. The zero-order valence-electron chi connectivity index (χ0n) is 17.1. The Morgan fingerprint density at radius 2 is 1.72 bits per heavy atom. The molecule has 0 saturated heterocycles. The molecule has 2 N–H and O–H groups in total. The summed E-state index contributed by atoms with van der Waals surface area (Å²) in [6.07, 6.45) is 2.70. The number of hydrogen-bond acceptors (Lipinski definition) is 1. The van der Waals surface area contributed by atoms with Crippen molar-refractivity contribution in [3.63, 3.8) is 0 Å². The van der Waals surface area contributed by atoms with Crippen molar-refractivity contribution >= 4 is 5.91 Å². The summed E-state index contributed by atoms with van der Waals surface area (Å²) < 4.78 is 29.1. The zero-order valence-corrected chi connectivity index (χ0v) is 17.1. The van der Waals surface area contributed by atoms with Crippen LogP contribution in [0.1, 0.15) is 52.6 Å². The molecule has 1 aromatic heterocycles. The zero-order chi connectivity index (χ0) is 21.1. The molecule has 0 radical (unpaired) electrons. The van der Waals surface area contributed by atoms with Crippen molar-refractivity contribution in [2.45, 2.75) is 46.6 Å². The lowest BCUT2D eigenvalue weighted by atomic mass is 9.97. The number of nitrogens with zero attached hydrogens (tertiary/aromatic N) is 1. The monoisotopic (exact) mass is 396 g/mol. The molecule has 0 unspecified atom stereocenters. The Kier molecular flexibility index (Phi) is 6.16. The fourth-order valence-corrected chi connectivity index (χ4v) is 3.77. The van der Waals surface area contributed by atoms with Gasteiger partial charge in [0.1, 0.15) is 0 Å². The van der Waals surface area contributed by atoms with Gasteiger partial charge in [-0.1, -0.05) is 49.2 Å². The Balaban J connectivity index is 2.20. The summed E-state index contributed by atoms with van der Waals surface area (Å²) in [7, 11) is 0. The van der Waals surface area contributed by atoms with E-state index < -0.39 is 17.5 Å². The van der Waals surface area contributed by atoms with E-state index in [1.807, 2.05) is 42.7 Å². The molecule has 0 fully saturated rings. The van der Waals surface area contributed by atoms with Gasteiger partial charge in [-0.3, -0.25) is 4.79 Å². The number of aromatic nitrogens is 1. The first-order valence-corrected chi connectivity index (χ1v) is 9.86. The minimum absolute atomic E-state index is 0.341. The molecule has 152 valence electrons. The molecule has 0 saturated carbocycles. The molecule has 1 heterocycles. The SMILES string of the molecule is CCCCc1c(-c2ccc(C)cc2)c(C(N)=O)c(C)n1Cc1ccc(F)c(F)c1. The molecular formula is C24H26F2N2O. The van der Waals surface area contributed by atoms with Crippen LogP contribution in [0, 0.1) is 25.5 Å². The van der Waals surface area contributed by atoms with Crippen molar-refractivity contribution in [3.8, 4) is 11.1 Å². The van der Waals surface area contributed by atoms with Crippen LogP contribution in [0.3, 0.4) is 0 Å². The van der Waals surface area contributed by atoms with E-state index in [1.165, 1.54) is 6.07 Å². The Labute approximate surface area is 170 Å². The highest BCUT2D eigenvalue weighted by molar-refractivity contribution is 6.02. The molecule has 0 atom stereocenters. The lowest BCUT2D eigenvalue weighted by Crippen LogP contribution is -2.13. The van der Waals surface area contributed by atoms with Gasteiger partial charge in [0.05, 0.1) is 5.56 Å². The van der Waals surface area contributed by atoms with Gasteiger partial charge in [-0.05, 0) is 49.9 Å². The van der Waals surface area contributed by atoms with Gasteiger partial charge in [-0.15, -0.1) is 0 Å². The van der Waals surface area contributed by atoms with E-state index in [4.69, 9.17) is 5.73 Å². The number of hydrogen-bond donors (Lipinski definition) is 1. The molecule has 5 heteroatoms. The van der Waals surface area contributed by atoms with Crippen LogP contribution in [0.15, 0.2) is 42.5 Å². The third-order valence-electron chi connectivity index (χ3n) is 5.31. The predicted molar refractivity (Wildman–Crippen MR) is 112 cm³/mol. The fraction of sp³-hybridized carbons (Fsp3) is 0.292. The second-order valence-electron chi connectivity index (χ2n) is 7.45. The highest BCUT2D eigenvalue weighted by Gasteiger charge is 2.24. The van der Waals surface area contributed by atoms with E-state index in [0.29, 0.717) is 17.7 Å². The first kappa shape index (κ1) is 20.8. The number of carbonyl (C=O) groups excluding carboxylic acids is 1. The van der Waals surface area contributed by atoms with E-state index in [1.54, 1.807) is 6.07 Å². The molecule has 0 aliphatic heterocycles. The van der Waals surface area contributed by atoms with E-state index >= 15 is 0 Å². The molecular weight excluding hydrogens is 370 g/mol. The third kappa shape index (κ3) is 4.24. The molecule has 1 amide bonds. The largest absolute Gasteiger partial charge is 0.366 e. The minimum Gasteiger partial charge on any atom is -0.366 e. The summed E-state index contributed by atoms with van der Waals surface area (Å²) in [6.45, 7) is 6.31. The second-order valence-corrected chi connectivity index (χ2v) is 7.45. The van der Waals surface area contributed by atoms with E-state index in [-0.39, 0.29) is 0 Å². The van der Waals surface area contributed by atoms with E-state index in [2.05, 4.69) is 6.92 Å². The van der Waals surface area contributed by atoms with Crippen LogP contribution in [0.4, 0.5) is 8.78 Å². The van der Waals surface area contributed by atoms with Crippen LogP contribution in [0.5, 0.6) is 0 Å². The summed E-state index contributed by atoms with van der Waals surface area (Å²) in [6, 6.07) is 11.9. The summed E-state index contributed by atoms with van der Waals surface area (Å²) in [4.78, 5) is 12.4. The molecule has 29 heavy (non-hydrogen) atoms. The molecule has 2 aromatic carbocycles. The van der Waals surface area contributed by atoms with Gasteiger partial charge in [-0.2, -0.15) is 0 Å². The number of aryl methyl sites for hydroxylation is 1. The van der Waals surface area contributed by atoms with Gasteiger partial charge in [0.2, 0.25) is 0 Å². The van der Waals surface area contributed by atoms with Gasteiger partial charge in [0, 0.05) is 23.5 Å². The Bertz CT molecular complexity index is 1040. The van der Waals surface area contributed by atoms with Gasteiger partial charge in [0.15, 0.2) is 11.6 Å². The smallest absolute Gasteiger partial charge is 0.251 e. The highest BCUT2D eigenvalue weighted by Crippen LogP contribution is 2.34. The first-order chi connectivity index (χ1) is 13.8. The number of unbranched alkanes of at least 4 members (excludes halogenated alkanes) is 1. The Hall–Kier alpha value is -2.95. The van der Waals surface area contributed by atoms with E-state index in [9.17, 15) is 13.6 Å². The summed E-state index contributed by atoms with van der Waals surface area (Å²) >= 11 is 0. The maximum absolute atomic E-state index is 13.7. The van der Waals surface area contributed by atoms with Gasteiger partial charge in [0.25, 0.3) is 5.91 Å². The van der Waals surface area contributed by atoms with Crippen LogP contribution >= 0.6 is 0 Å². The van der Waals surface area contributed by atoms with Crippen LogP contribution in [0.25, 0.3) is 11.1 Å². The van der Waals surface area contributed by atoms with Crippen molar-refractivity contribution in [1.82, 2.24) is 4.57 Å². The van der Waals surface area contributed by atoms with Crippen molar-refractivity contribution in [1.29, 1.82) is 0 Å². The Morgan fingerprint density at radius 1 is 1.03 bits per heavy atom. The van der Waals surface area contributed by atoms with E-state index in [0.717, 1.165) is 53.4 Å². The van der Waals surface area contributed by atoms with Crippen molar-refractivity contribution in [2.75, 3.05) is 0 Å². The third-order valence-corrected chi connectivity index (χ3v) is 5.31. The van der Waals surface area contributed by atoms with Crippen molar-refractivity contribution < 1.29 is 13.6 Å².